The molecule has 4 nitrogen and oxygen atoms in total. The number of hydrogen-bond acceptors (Lipinski definition) is 6. The molecule has 0 amide bonds. The van der Waals surface area contributed by atoms with E-state index in [1.165, 1.54) is 0 Å². The molecule has 0 aromatic heterocycles. The zero-order valence-corrected chi connectivity index (χ0v) is 16.5. The van der Waals surface area contributed by atoms with Crippen LogP contribution in [-0.2, 0) is 17.1 Å². The third-order valence-corrected chi connectivity index (χ3v) is 6.24. The van der Waals surface area contributed by atoms with E-state index in [1.54, 1.807) is 30.6 Å². The number of esters is 1. The van der Waals surface area contributed by atoms with Gasteiger partial charge in [-0.3, -0.25) is 4.99 Å². The molecule has 0 N–H and O–H groups in total. The highest BCUT2D eigenvalue weighted by molar-refractivity contribution is 8.38. The van der Waals surface area contributed by atoms with E-state index in [0.29, 0.717) is 11.3 Å². The number of aliphatic imine (C=N–C) groups is 1. The van der Waals surface area contributed by atoms with E-state index < -0.39 is 0 Å². The molecule has 0 atom stereocenters. The van der Waals surface area contributed by atoms with Crippen molar-refractivity contribution in [2.75, 3.05) is 19.4 Å². The second-order valence-corrected chi connectivity index (χ2v) is 8.14. The molecule has 26 heavy (non-hydrogen) atoms. The minimum absolute atomic E-state index is 0.188. The Labute approximate surface area is 162 Å². The van der Waals surface area contributed by atoms with Crippen LogP contribution in [-0.4, -0.2) is 29.8 Å². The predicted octanol–water partition coefficient (Wildman–Crippen LogP) is 4.70. The summed E-state index contributed by atoms with van der Waals surface area (Å²) >= 11 is 3.45. The molecule has 0 saturated heterocycles. The van der Waals surface area contributed by atoms with Crippen LogP contribution < -0.4 is 4.74 Å². The van der Waals surface area contributed by atoms with Gasteiger partial charge in [-0.2, -0.15) is 0 Å². The zero-order valence-electron chi connectivity index (χ0n) is 14.9. The number of carbonyl (C=O) groups excluding carboxylic acids is 1. The molecule has 1 aliphatic rings. The molecule has 0 spiro atoms. The van der Waals surface area contributed by atoms with Gasteiger partial charge in [0.15, 0.2) is 0 Å². The Hall–Kier alpha value is -1.92. The molecule has 0 bridgehead atoms. The Kier molecular flexibility index (Phi) is 6.63. The molecule has 2 aromatic carbocycles. The van der Waals surface area contributed by atoms with Gasteiger partial charge >= 0.3 is 5.97 Å². The van der Waals surface area contributed by atoms with Crippen molar-refractivity contribution in [2.45, 2.75) is 19.3 Å². The van der Waals surface area contributed by atoms with Crippen molar-refractivity contribution >= 4 is 33.9 Å². The minimum Gasteiger partial charge on any atom is -0.496 e. The van der Waals surface area contributed by atoms with Crippen molar-refractivity contribution in [1.29, 1.82) is 0 Å². The number of rotatable bonds is 6. The number of nitrogens with zero attached hydrogens (tertiary/aromatic N) is 1. The Morgan fingerprint density at radius 2 is 2.08 bits per heavy atom. The number of carbonyl (C=O) groups is 1. The highest BCUT2D eigenvalue weighted by atomic mass is 32.2. The summed E-state index contributed by atoms with van der Waals surface area (Å²) in [5.41, 5.74) is 3.54. The molecule has 0 fully saturated rings. The number of benzene rings is 2. The van der Waals surface area contributed by atoms with Gasteiger partial charge in [-0.1, -0.05) is 53.4 Å². The summed E-state index contributed by atoms with van der Waals surface area (Å²) in [7, 11) is 1.62. The monoisotopic (exact) mass is 387 g/mol. The van der Waals surface area contributed by atoms with E-state index in [9.17, 15) is 4.79 Å². The highest BCUT2D eigenvalue weighted by Crippen LogP contribution is 2.27. The second kappa shape index (κ2) is 9.14. The van der Waals surface area contributed by atoms with Crippen LogP contribution in [0.5, 0.6) is 5.75 Å². The van der Waals surface area contributed by atoms with Crippen molar-refractivity contribution < 1.29 is 14.3 Å². The summed E-state index contributed by atoms with van der Waals surface area (Å²) in [4.78, 5) is 17.1. The average molecular weight is 388 g/mol. The number of ether oxygens (including phenoxy) is 2. The van der Waals surface area contributed by atoms with Crippen LogP contribution in [0.3, 0.4) is 0 Å². The lowest BCUT2D eigenvalue weighted by Crippen LogP contribution is -2.09. The van der Waals surface area contributed by atoms with Gasteiger partial charge in [0, 0.05) is 17.1 Å². The molecule has 2 aromatic rings. The first kappa shape index (κ1) is 18.9. The smallest absolute Gasteiger partial charge is 0.338 e. The first-order valence-corrected chi connectivity index (χ1v) is 10.3. The maximum Gasteiger partial charge on any atom is 0.338 e. The summed E-state index contributed by atoms with van der Waals surface area (Å²) in [6.07, 6.45) is 0. The van der Waals surface area contributed by atoms with E-state index in [-0.39, 0.29) is 12.6 Å². The number of methoxy groups -OCH3 is 1. The third-order valence-electron chi connectivity index (χ3n) is 3.94. The molecule has 6 heteroatoms. The van der Waals surface area contributed by atoms with Crippen LogP contribution in [0.4, 0.5) is 0 Å². The molecule has 0 unspecified atom stereocenters. The molecule has 0 radical (unpaired) electrons. The fourth-order valence-corrected chi connectivity index (χ4v) is 4.64. The van der Waals surface area contributed by atoms with E-state index in [0.717, 1.165) is 39.1 Å². The molecular formula is C20H21NO3S2. The highest BCUT2D eigenvalue weighted by Gasteiger charge is 2.15. The Bertz CT molecular complexity index is 820. The fraction of sp³-hybridized carbons (Fsp3) is 0.300. The average Bonchev–Trinajstić information content (AvgIpc) is 3.18. The predicted molar refractivity (Wildman–Crippen MR) is 109 cm³/mol. The van der Waals surface area contributed by atoms with Gasteiger partial charge in [-0.05, 0) is 30.7 Å². The lowest BCUT2D eigenvalue weighted by Gasteiger charge is -2.12. The molecule has 136 valence electrons. The zero-order chi connectivity index (χ0) is 18.4. The first-order valence-electron chi connectivity index (χ1n) is 8.36. The Balaban J connectivity index is 1.67. The second-order valence-electron chi connectivity index (χ2n) is 5.83. The van der Waals surface area contributed by atoms with E-state index >= 15 is 0 Å². The van der Waals surface area contributed by atoms with Gasteiger partial charge < -0.3 is 9.47 Å². The lowest BCUT2D eigenvalue weighted by molar-refractivity contribution is 0.0469. The van der Waals surface area contributed by atoms with Crippen LogP contribution in [0, 0.1) is 6.92 Å². The van der Waals surface area contributed by atoms with Crippen molar-refractivity contribution in [3.05, 3.63) is 64.7 Å². The molecule has 0 aliphatic carbocycles. The van der Waals surface area contributed by atoms with Crippen LogP contribution in [0.2, 0.25) is 0 Å². The molecular weight excluding hydrogens is 366 g/mol. The minimum atomic E-state index is -0.314. The molecule has 1 heterocycles. The summed E-state index contributed by atoms with van der Waals surface area (Å²) in [6.45, 7) is 3.07. The SMILES string of the molecule is COc1ccc(C)cc1COC(=O)c1ccccc1CSC1=NCCS1. The van der Waals surface area contributed by atoms with E-state index in [1.807, 2.05) is 49.4 Å². The summed E-state index contributed by atoms with van der Waals surface area (Å²) < 4.78 is 12.0. The topological polar surface area (TPSA) is 47.9 Å². The lowest BCUT2D eigenvalue weighted by atomic mass is 10.1. The quantitative estimate of drug-likeness (QED) is 0.673. The maximum atomic E-state index is 12.6. The largest absolute Gasteiger partial charge is 0.496 e. The Morgan fingerprint density at radius 1 is 1.23 bits per heavy atom. The van der Waals surface area contributed by atoms with Crippen LogP contribution >= 0.6 is 23.5 Å². The summed E-state index contributed by atoms with van der Waals surface area (Å²) in [6, 6.07) is 13.4. The first-order chi connectivity index (χ1) is 12.7. The van der Waals surface area contributed by atoms with Crippen LogP contribution in [0.25, 0.3) is 0 Å². The van der Waals surface area contributed by atoms with E-state index in [2.05, 4.69) is 4.99 Å². The van der Waals surface area contributed by atoms with Crippen LogP contribution in [0.15, 0.2) is 47.5 Å². The number of aryl methyl sites for hydroxylation is 1. The van der Waals surface area contributed by atoms with Crippen LogP contribution in [0.1, 0.15) is 27.0 Å². The van der Waals surface area contributed by atoms with Crippen molar-refractivity contribution in [3.8, 4) is 5.75 Å². The number of hydrogen-bond donors (Lipinski definition) is 0. The molecule has 1 aliphatic heterocycles. The van der Waals surface area contributed by atoms with Gasteiger partial charge in [0.05, 0.1) is 19.2 Å². The van der Waals surface area contributed by atoms with E-state index in [4.69, 9.17) is 9.47 Å². The molecule has 3 rings (SSSR count). The van der Waals surface area contributed by atoms with Gasteiger partial charge in [-0.15, -0.1) is 0 Å². The summed E-state index contributed by atoms with van der Waals surface area (Å²) in [5, 5.41) is 0. The fourth-order valence-electron chi connectivity index (χ4n) is 2.63. The Morgan fingerprint density at radius 3 is 2.85 bits per heavy atom. The van der Waals surface area contributed by atoms with Crippen molar-refractivity contribution in [2.24, 2.45) is 4.99 Å². The third kappa shape index (κ3) is 4.83. The van der Waals surface area contributed by atoms with Gasteiger partial charge in [-0.25, -0.2) is 4.79 Å². The number of thioether (sulfide) groups is 2. The van der Waals surface area contributed by atoms with Gasteiger partial charge in [0.2, 0.25) is 0 Å². The summed E-state index contributed by atoms with van der Waals surface area (Å²) in [5.74, 6) is 2.17. The standard InChI is InChI=1S/C20H21NO3S2/c1-14-7-8-18(23-2)16(11-14)12-24-19(22)17-6-4-3-5-15(17)13-26-20-21-9-10-25-20/h3-8,11H,9-10,12-13H2,1-2H3. The van der Waals surface area contributed by atoms with Gasteiger partial charge in [0.1, 0.15) is 16.7 Å². The maximum absolute atomic E-state index is 12.6. The van der Waals surface area contributed by atoms with Gasteiger partial charge in [0.25, 0.3) is 0 Å². The van der Waals surface area contributed by atoms with Crippen molar-refractivity contribution in [1.82, 2.24) is 0 Å². The normalized spacial score (nSPS) is 13.4. The van der Waals surface area contributed by atoms with Crippen molar-refractivity contribution in [3.63, 3.8) is 0 Å². The molecule has 0 saturated carbocycles.